The topological polar surface area (TPSA) is 333 Å². The van der Waals surface area contributed by atoms with E-state index in [1.807, 2.05) is 303 Å². The summed E-state index contributed by atoms with van der Waals surface area (Å²) in [6, 6.07) is 93.6. The van der Waals surface area contributed by atoms with E-state index in [1.54, 1.807) is 6.92 Å². The van der Waals surface area contributed by atoms with Crippen molar-refractivity contribution in [2.45, 2.75) is 268 Å². The molecule has 144 heavy (non-hydrogen) atoms. The average molecular weight is 1980 g/mol. The predicted octanol–water partition coefficient (Wildman–Crippen LogP) is 14.8. The maximum absolute atomic E-state index is 14.6. The summed E-state index contributed by atoms with van der Waals surface area (Å²) in [6.07, 6.45) is -36.9. The third-order valence-electron chi connectivity index (χ3n) is 24.6. The van der Waals surface area contributed by atoms with Gasteiger partial charge in [-0.1, -0.05) is 303 Å². The first kappa shape index (κ1) is 107. The molecule has 5 fully saturated rings. The Kier molecular flexibility index (Phi) is 40.7. The van der Waals surface area contributed by atoms with Crippen LogP contribution in [0.15, 0.2) is 303 Å². The first-order valence-electron chi connectivity index (χ1n) is 48.5. The van der Waals surface area contributed by atoms with Crippen molar-refractivity contribution in [3.63, 3.8) is 0 Å². The van der Waals surface area contributed by atoms with Crippen LogP contribution in [0.4, 0.5) is 0 Å². The minimum atomic E-state index is -1.84. The zero-order valence-electron chi connectivity index (χ0n) is 81.6. The predicted molar refractivity (Wildman–Crippen MR) is 517 cm³/mol. The molecule has 764 valence electrons. The zero-order chi connectivity index (χ0) is 100. The van der Waals surface area contributed by atoms with Gasteiger partial charge < -0.3 is 118 Å². The van der Waals surface area contributed by atoms with Crippen LogP contribution in [0.1, 0.15) is 104 Å². The summed E-state index contributed by atoms with van der Waals surface area (Å²) in [5.41, 5.74) is 7.57. The number of rotatable bonds is 49. The molecule has 31 nitrogen and oxygen atoms in total. The molecule has 15 rings (SSSR count). The molecular formula is C113H126O31. The van der Waals surface area contributed by atoms with Crippen LogP contribution in [0.25, 0.3) is 0 Å². The Balaban J connectivity index is 0.869. The summed E-state index contributed by atoms with van der Waals surface area (Å²) >= 11 is 0. The second-order valence-electron chi connectivity index (χ2n) is 35.7. The van der Waals surface area contributed by atoms with Gasteiger partial charge in [-0.05, 0) is 62.6 Å². The molecule has 5 aliphatic heterocycles. The van der Waals surface area contributed by atoms with Gasteiger partial charge in [0, 0.05) is 41.5 Å². The number of carbonyl (C=O) groups is 6. The van der Waals surface area contributed by atoms with Crippen molar-refractivity contribution >= 4 is 35.8 Å². The van der Waals surface area contributed by atoms with Gasteiger partial charge in [-0.25, -0.2) is 0 Å². The summed E-state index contributed by atoms with van der Waals surface area (Å²) in [6.45, 7) is 7.29. The van der Waals surface area contributed by atoms with Gasteiger partial charge in [-0.3, -0.25) is 28.8 Å². The molecule has 0 radical (unpaired) electrons. The first-order chi connectivity index (χ1) is 70.2. The van der Waals surface area contributed by atoms with E-state index in [1.165, 1.54) is 41.5 Å². The molecular weight excluding hydrogens is 1850 g/mol. The number of esters is 6. The third-order valence-corrected chi connectivity index (χ3v) is 24.6. The maximum Gasteiger partial charge on any atom is 0.303 e. The summed E-state index contributed by atoms with van der Waals surface area (Å²) in [5, 5.41) is 0. The van der Waals surface area contributed by atoms with Crippen molar-refractivity contribution in [2.75, 3.05) is 33.0 Å². The Hall–Kier alpha value is -11.7. The van der Waals surface area contributed by atoms with Gasteiger partial charge in [0.05, 0.1) is 105 Å². The molecule has 10 aromatic carbocycles. The molecule has 25 atom stereocenters. The SMILES string of the molecule is CC(=O)OC1C(OC(C)=O)[C@H](OCc2ccccc2)C(COCc2ccccc2)O[C@@H]1OC1C(OC(C)=O)[C@H](OCc2ccccc2)C(COCc2ccccc2)O[C@@H]1O[C@@H]1C(OCc2ccccc2)[C@H](C)OC(CO[C@@H]2OC(COCc3ccccc3)[C@H](OCc3ccccc3)[C@H](OC(C)=O)C2O[C@@H]2OC(COCc3ccccc3)[C@H](OCc3ccccc3)[C@H](OC(C)=O)C2OC(C)=O)[C@@H]1OCc1ccccc1. The van der Waals surface area contributed by atoms with Crippen molar-refractivity contribution in [2.24, 2.45) is 0 Å². The lowest BCUT2D eigenvalue weighted by atomic mass is 9.93. The highest BCUT2D eigenvalue weighted by molar-refractivity contribution is 5.69. The normalized spacial score (nSPS) is 27.3. The molecule has 0 aromatic heterocycles. The van der Waals surface area contributed by atoms with Gasteiger partial charge in [-0.2, -0.15) is 0 Å². The molecule has 0 bridgehead atoms. The van der Waals surface area contributed by atoms with Crippen LogP contribution in [0.5, 0.6) is 0 Å². The van der Waals surface area contributed by atoms with Crippen LogP contribution in [-0.2, 0) is 213 Å². The monoisotopic (exact) mass is 1980 g/mol. The number of carbonyl (C=O) groups excluding carboxylic acids is 6. The van der Waals surface area contributed by atoms with E-state index < -0.39 is 196 Å². The van der Waals surface area contributed by atoms with Crippen LogP contribution >= 0.6 is 0 Å². The molecule has 0 aliphatic carbocycles. The second-order valence-corrected chi connectivity index (χ2v) is 35.7. The average Bonchev–Trinajstić information content (AvgIpc) is 0.684. The molecule has 0 spiro atoms. The van der Waals surface area contributed by atoms with Crippen LogP contribution < -0.4 is 0 Å². The van der Waals surface area contributed by atoms with Crippen molar-refractivity contribution in [3.05, 3.63) is 359 Å². The van der Waals surface area contributed by atoms with Crippen LogP contribution in [0.3, 0.4) is 0 Å². The van der Waals surface area contributed by atoms with Gasteiger partial charge in [0.1, 0.15) is 73.2 Å². The summed E-state index contributed by atoms with van der Waals surface area (Å²) in [7, 11) is 0. The van der Waals surface area contributed by atoms with E-state index in [0.717, 1.165) is 44.5 Å². The van der Waals surface area contributed by atoms with Gasteiger partial charge in [0.2, 0.25) is 0 Å². The fraction of sp³-hybridized carbons (Fsp3) is 0.416. The molecule has 0 N–H and O–H groups in total. The maximum atomic E-state index is 14.6. The van der Waals surface area contributed by atoms with Gasteiger partial charge in [0.25, 0.3) is 0 Å². The van der Waals surface area contributed by atoms with E-state index in [4.69, 9.17) is 118 Å². The Morgan fingerprint density at radius 1 is 0.188 bits per heavy atom. The number of hydrogen-bond acceptors (Lipinski definition) is 31. The molecule has 5 heterocycles. The summed E-state index contributed by atoms with van der Waals surface area (Å²) in [5.74, 6) is -4.90. The largest absolute Gasteiger partial charge is 0.457 e. The third kappa shape index (κ3) is 31.4. The Morgan fingerprint density at radius 2 is 0.368 bits per heavy atom. The van der Waals surface area contributed by atoms with E-state index in [9.17, 15) is 28.8 Å². The molecule has 12 unspecified atom stereocenters. The standard InChI is InChI=1S/C113H126O31/c1-73-95(124-62-84-46-26-12-27-47-84)101(142-113-109(105(135-77(5)117)99(128-66-88-54-34-16-35-55-88)93(141-113)71-123-61-83-44-24-11-25-45-83)144-112-108(137-79(7)119)104(134-76(4)116)98(127-65-87-52-32-15-33-53-87)92(140-112)70-122-60-82-42-22-10-23-43-82)100(129-67-89-56-36-17-37-57-89)94(131-73)72-130-110-106(102(132-74(2)114)96(125-63-85-48-28-13-29-49-85)90(138-110)68-120-58-80-38-18-8-19-39-80)143-111-107(136-78(6)118)103(133-75(3)115)97(126-64-86-50-30-14-31-51-86)91(139-111)69-121-59-81-40-20-9-21-41-81/h8-57,73,90-113H,58-72H2,1-7H3/t73-,90?,91?,92?,93?,94?,95?,96-,97-,98+,99+,100-,101+,102-,103-,104?,105?,106?,107?,108?,109?,110+,111-,112+,113+/m0/s1. The van der Waals surface area contributed by atoms with Crippen LogP contribution in [-0.4, -0.2) is 222 Å². The smallest absolute Gasteiger partial charge is 0.303 e. The van der Waals surface area contributed by atoms with Crippen LogP contribution in [0.2, 0.25) is 0 Å². The number of benzene rings is 10. The van der Waals surface area contributed by atoms with Crippen molar-refractivity contribution in [3.8, 4) is 0 Å². The first-order valence-corrected chi connectivity index (χ1v) is 48.5. The molecule has 5 saturated heterocycles. The lowest BCUT2D eigenvalue weighted by Gasteiger charge is -2.52. The van der Waals surface area contributed by atoms with Gasteiger partial charge in [-0.15, -0.1) is 0 Å². The Bertz CT molecular complexity index is 5490. The zero-order valence-corrected chi connectivity index (χ0v) is 81.6. The lowest BCUT2D eigenvalue weighted by molar-refractivity contribution is -0.392. The van der Waals surface area contributed by atoms with Gasteiger partial charge >= 0.3 is 35.8 Å². The number of ether oxygens (including phenoxy) is 25. The highest BCUT2D eigenvalue weighted by Crippen LogP contribution is 2.43. The van der Waals surface area contributed by atoms with E-state index in [-0.39, 0.29) is 92.5 Å². The fourth-order valence-electron chi connectivity index (χ4n) is 18.1. The van der Waals surface area contributed by atoms with Crippen LogP contribution in [0, 0.1) is 0 Å². The second kappa shape index (κ2) is 55.0. The van der Waals surface area contributed by atoms with E-state index in [2.05, 4.69) is 0 Å². The molecule has 5 aliphatic rings. The Morgan fingerprint density at radius 3 is 0.611 bits per heavy atom. The highest BCUT2D eigenvalue weighted by atomic mass is 16.8. The van der Waals surface area contributed by atoms with Crippen molar-refractivity contribution in [1.29, 1.82) is 0 Å². The molecule has 31 heteroatoms. The fourth-order valence-corrected chi connectivity index (χ4v) is 18.1. The minimum Gasteiger partial charge on any atom is -0.457 e. The quantitative estimate of drug-likeness (QED) is 0.0252. The molecule has 10 aromatic rings. The van der Waals surface area contributed by atoms with Crippen molar-refractivity contribution in [1.82, 2.24) is 0 Å². The highest BCUT2D eigenvalue weighted by Gasteiger charge is 2.61. The molecule has 0 amide bonds. The summed E-state index contributed by atoms with van der Waals surface area (Å²) in [4.78, 5) is 85.1. The number of hydrogen-bond donors (Lipinski definition) is 0. The van der Waals surface area contributed by atoms with Gasteiger partial charge in [0.15, 0.2) is 74.0 Å². The molecule has 0 saturated carbocycles. The minimum absolute atomic E-state index is 0.0442. The van der Waals surface area contributed by atoms with E-state index in [0.29, 0.717) is 11.1 Å². The van der Waals surface area contributed by atoms with Crippen molar-refractivity contribution < 1.29 is 147 Å². The lowest BCUT2D eigenvalue weighted by Crippen LogP contribution is -2.69. The van der Waals surface area contributed by atoms with E-state index >= 15 is 0 Å². The Labute approximate surface area is 838 Å². The summed E-state index contributed by atoms with van der Waals surface area (Å²) < 4.78 is 174.